The molecule has 0 spiro atoms. The van der Waals surface area contributed by atoms with E-state index in [-0.39, 0.29) is 0 Å². The molecule has 15 heavy (non-hydrogen) atoms. The largest absolute Gasteiger partial charge is 0.306 e. The summed E-state index contributed by atoms with van der Waals surface area (Å²) in [5.74, 6) is 0.793. The van der Waals surface area contributed by atoms with Crippen LogP contribution in [0.4, 0.5) is 0 Å². The van der Waals surface area contributed by atoms with Crippen molar-refractivity contribution in [2.45, 2.75) is 32.6 Å². The van der Waals surface area contributed by atoms with Crippen molar-refractivity contribution in [1.29, 1.82) is 0 Å². The Hall–Kier alpha value is -0.820. The molecule has 1 fully saturated rings. The number of piperidine rings is 1. The summed E-state index contributed by atoms with van der Waals surface area (Å²) in [6, 6.07) is 6.74. The molecule has 0 aliphatic carbocycles. The molecular formula is C14H21N. The molecule has 0 N–H and O–H groups in total. The third-order valence-corrected chi connectivity index (χ3v) is 3.80. The predicted octanol–water partition coefficient (Wildman–Crippen LogP) is 3.11. The van der Waals surface area contributed by atoms with Gasteiger partial charge in [0.2, 0.25) is 0 Å². The highest BCUT2D eigenvalue weighted by Gasteiger charge is 2.19. The fourth-order valence-electron chi connectivity index (χ4n) is 2.54. The minimum atomic E-state index is 0.793. The lowest BCUT2D eigenvalue weighted by Gasteiger charge is -2.30. The van der Waals surface area contributed by atoms with Crippen LogP contribution in [-0.2, 0) is 0 Å². The van der Waals surface area contributed by atoms with E-state index in [1.165, 1.54) is 37.1 Å². The standard InChI is InChI=1S/C14H21N/c1-11-5-4-6-14(12(11)2)13-7-9-15(3)10-8-13/h4-6,13H,7-10H2,1-3H3. The quantitative estimate of drug-likeness (QED) is 0.678. The molecule has 0 saturated carbocycles. The molecule has 0 unspecified atom stereocenters. The van der Waals surface area contributed by atoms with E-state index in [0.717, 1.165) is 5.92 Å². The van der Waals surface area contributed by atoms with Crippen molar-refractivity contribution in [2.75, 3.05) is 20.1 Å². The second-order valence-corrected chi connectivity index (χ2v) is 4.87. The Kier molecular flexibility index (Phi) is 3.11. The van der Waals surface area contributed by atoms with Crippen molar-refractivity contribution < 1.29 is 0 Å². The van der Waals surface area contributed by atoms with E-state index in [1.807, 2.05) is 0 Å². The van der Waals surface area contributed by atoms with Crippen LogP contribution in [0.1, 0.15) is 35.4 Å². The summed E-state index contributed by atoms with van der Waals surface area (Å²) < 4.78 is 0. The van der Waals surface area contributed by atoms with Crippen LogP contribution in [-0.4, -0.2) is 25.0 Å². The van der Waals surface area contributed by atoms with Gasteiger partial charge in [-0.25, -0.2) is 0 Å². The number of hydrogen-bond acceptors (Lipinski definition) is 1. The molecule has 1 heterocycles. The van der Waals surface area contributed by atoms with E-state index in [1.54, 1.807) is 5.56 Å². The van der Waals surface area contributed by atoms with Crippen LogP contribution in [0.15, 0.2) is 18.2 Å². The summed E-state index contributed by atoms with van der Waals surface area (Å²) in [7, 11) is 2.22. The first-order valence-electron chi connectivity index (χ1n) is 5.93. The molecule has 1 aliphatic heterocycles. The highest BCUT2D eigenvalue weighted by molar-refractivity contribution is 5.35. The van der Waals surface area contributed by atoms with Crippen molar-refractivity contribution in [3.05, 3.63) is 34.9 Å². The maximum absolute atomic E-state index is 2.43. The van der Waals surface area contributed by atoms with Gasteiger partial charge in [0.15, 0.2) is 0 Å². The minimum absolute atomic E-state index is 0.793. The Bertz CT molecular complexity index is 335. The van der Waals surface area contributed by atoms with E-state index in [0.29, 0.717) is 0 Å². The number of likely N-dealkylation sites (tertiary alicyclic amines) is 1. The number of benzene rings is 1. The van der Waals surface area contributed by atoms with E-state index in [4.69, 9.17) is 0 Å². The Morgan fingerprint density at radius 1 is 1.13 bits per heavy atom. The van der Waals surface area contributed by atoms with Gasteiger partial charge in [-0.3, -0.25) is 0 Å². The van der Waals surface area contributed by atoms with Crippen molar-refractivity contribution in [2.24, 2.45) is 0 Å². The molecule has 0 amide bonds. The first-order valence-corrected chi connectivity index (χ1v) is 5.93. The average molecular weight is 203 g/mol. The summed E-state index contributed by atoms with van der Waals surface area (Å²) in [5, 5.41) is 0. The molecule has 1 aliphatic rings. The lowest BCUT2D eigenvalue weighted by molar-refractivity contribution is 0.255. The molecule has 0 bridgehead atoms. The van der Waals surface area contributed by atoms with Gasteiger partial charge in [-0.05, 0) is 69.4 Å². The molecule has 1 aromatic rings. The van der Waals surface area contributed by atoms with Gasteiger partial charge in [0, 0.05) is 0 Å². The Labute approximate surface area is 93.1 Å². The van der Waals surface area contributed by atoms with Crippen molar-refractivity contribution >= 4 is 0 Å². The first-order chi connectivity index (χ1) is 7.18. The summed E-state index contributed by atoms with van der Waals surface area (Å²) in [5.41, 5.74) is 4.53. The van der Waals surface area contributed by atoms with Gasteiger partial charge in [-0.2, -0.15) is 0 Å². The molecule has 1 heteroatoms. The molecule has 0 atom stereocenters. The maximum atomic E-state index is 2.43. The van der Waals surface area contributed by atoms with Crippen LogP contribution in [0.25, 0.3) is 0 Å². The number of hydrogen-bond donors (Lipinski definition) is 0. The fraction of sp³-hybridized carbons (Fsp3) is 0.571. The third kappa shape index (κ3) is 2.23. The minimum Gasteiger partial charge on any atom is -0.306 e. The Morgan fingerprint density at radius 2 is 1.80 bits per heavy atom. The van der Waals surface area contributed by atoms with E-state index in [9.17, 15) is 0 Å². The lowest BCUT2D eigenvalue weighted by Crippen LogP contribution is -2.29. The van der Waals surface area contributed by atoms with Gasteiger partial charge >= 0.3 is 0 Å². The van der Waals surface area contributed by atoms with Crippen LogP contribution in [0.5, 0.6) is 0 Å². The monoisotopic (exact) mass is 203 g/mol. The van der Waals surface area contributed by atoms with Gasteiger partial charge < -0.3 is 4.90 Å². The zero-order valence-corrected chi connectivity index (χ0v) is 10.1. The molecule has 1 aromatic carbocycles. The van der Waals surface area contributed by atoms with E-state index >= 15 is 0 Å². The van der Waals surface area contributed by atoms with Crippen molar-refractivity contribution in [1.82, 2.24) is 4.90 Å². The summed E-state index contributed by atoms with van der Waals surface area (Å²) in [6.07, 6.45) is 2.64. The predicted molar refractivity (Wildman–Crippen MR) is 65.4 cm³/mol. The summed E-state index contributed by atoms with van der Waals surface area (Å²) >= 11 is 0. The highest BCUT2D eigenvalue weighted by atomic mass is 15.1. The van der Waals surface area contributed by atoms with Crippen LogP contribution in [0, 0.1) is 13.8 Å². The Morgan fingerprint density at radius 3 is 2.47 bits per heavy atom. The first kappa shape index (κ1) is 10.7. The smallest absolute Gasteiger partial charge is 0.00159 e. The molecular weight excluding hydrogens is 182 g/mol. The second kappa shape index (κ2) is 4.36. The molecule has 1 nitrogen and oxygen atoms in total. The SMILES string of the molecule is Cc1cccc(C2CCN(C)CC2)c1C. The normalized spacial score (nSPS) is 19.4. The van der Waals surface area contributed by atoms with Gasteiger partial charge in [0.25, 0.3) is 0 Å². The topological polar surface area (TPSA) is 3.24 Å². The lowest BCUT2D eigenvalue weighted by atomic mass is 9.86. The fourth-order valence-corrected chi connectivity index (χ4v) is 2.54. The van der Waals surface area contributed by atoms with Crippen molar-refractivity contribution in [3.8, 4) is 0 Å². The number of nitrogens with zero attached hydrogens (tertiary/aromatic N) is 1. The second-order valence-electron chi connectivity index (χ2n) is 4.87. The van der Waals surface area contributed by atoms with E-state index < -0.39 is 0 Å². The van der Waals surface area contributed by atoms with E-state index in [2.05, 4.69) is 44.0 Å². The summed E-state index contributed by atoms with van der Waals surface area (Å²) in [6.45, 7) is 6.98. The van der Waals surface area contributed by atoms with Gasteiger partial charge in [0.1, 0.15) is 0 Å². The van der Waals surface area contributed by atoms with Crippen LogP contribution < -0.4 is 0 Å². The van der Waals surface area contributed by atoms with Crippen LogP contribution in [0.2, 0.25) is 0 Å². The number of rotatable bonds is 1. The number of aryl methyl sites for hydroxylation is 1. The van der Waals surface area contributed by atoms with Gasteiger partial charge in [0.05, 0.1) is 0 Å². The van der Waals surface area contributed by atoms with Crippen LogP contribution in [0.3, 0.4) is 0 Å². The maximum Gasteiger partial charge on any atom is -0.00159 e. The molecule has 1 saturated heterocycles. The molecule has 0 radical (unpaired) electrons. The zero-order chi connectivity index (χ0) is 10.8. The molecule has 2 rings (SSSR count). The highest BCUT2D eigenvalue weighted by Crippen LogP contribution is 2.30. The van der Waals surface area contributed by atoms with Crippen molar-refractivity contribution in [3.63, 3.8) is 0 Å². The molecule has 0 aromatic heterocycles. The van der Waals surface area contributed by atoms with Gasteiger partial charge in [-0.1, -0.05) is 18.2 Å². The van der Waals surface area contributed by atoms with Crippen LogP contribution >= 0.6 is 0 Å². The zero-order valence-electron chi connectivity index (χ0n) is 10.1. The third-order valence-electron chi connectivity index (χ3n) is 3.80. The summed E-state index contributed by atoms with van der Waals surface area (Å²) in [4.78, 5) is 2.43. The molecule has 82 valence electrons. The average Bonchev–Trinajstić information content (AvgIpc) is 2.24. The Balaban J connectivity index is 2.19. The van der Waals surface area contributed by atoms with Gasteiger partial charge in [-0.15, -0.1) is 0 Å².